The average Bonchev–Trinajstić information content (AvgIpc) is 3.16. The number of pyridine rings is 1. The van der Waals surface area contributed by atoms with Gasteiger partial charge in [-0.25, -0.2) is 15.0 Å². The topological polar surface area (TPSA) is 51.1 Å². The van der Waals surface area contributed by atoms with Crippen molar-refractivity contribution in [2.75, 3.05) is 18.0 Å². The van der Waals surface area contributed by atoms with Crippen LogP contribution < -0.4 is 4.90 Å². The molecular weight excluding hydrogens is 416 g/mol. The highest BCUT2D eigenvalue weighted by molar-refractivity contribution is 7.25. The number of rotatable bonds is 3. The fourth-order valence-corrected chi connectivity index (χ4v) is 6.24. The van der Waals surface area contributed by atoms with Gasteiger partial charge in [0.15, 0.2) is 0 Å². The molecule has 0 atom stereocenters. The number of nitrogens with zero attached hydrogens (tertiary/aromatic N) is 4. The van der Waals surface area contributed by atoms with Crippen molar-refractivity contribution in [1.82, 2.24) is 15.0 Å². The van der Waals surface area contributed by atoms with Crippen LogP contribution in [-0.2, 0) is 24.2 Å². The van der Waals surface area contributed by atoms with Crippen LogP contribution in [0.4, 0.5) is 5.82 Å². The van der Waals surface area contributed by atoms with Gasteiger partial charge in [-0.15, -0.1) is 11.3 Å². The van der Waals surface area contributed by atoms with Crippen LogP contribution in [0.1, 0.15) is 43.5 Å². The SMILES string of the molecule is CC1(C)Cc2nc3sc4c(N5CCC(Cc6ccccc6)CC5)ncnc4c3cc2CO1. The second-order valence-corrected chi connectivity index (χ2v) is 10.8. The quantitative estimate of drug-likeness (QED) is 0.415. The van der Waals surface area contributed by atoms with Gasteiger partial charge in [-0.2, -0.15) is 0 Å². The number of benzene rings is 1. The molecule has 0 saturated carbocycles. The molecule has 0 N–H and O–H groups in total. The molecule has 0 radical (unpaired) electrons. The molecule has 3 aromatic heterocycles. The molecule has 1 aromatic carbocycles. The molecule has 2 aliphatic heterocycles. The van der Waals surface area contributed by atoms with E-state index < -0.39 is 0 Å². The third kappa shape index (κ3) is 3.65. The van der Waals surface area contributed by atoms with E-state index in [0.717, 1.165) is 52.7 Å². The van der Waals surface area contributed by atoms with Crippen molar-refractivity contribution in [1.29, 1.82) is 0 Å². The van der Waals surface area contributed by atoms with Gasteiger partial charge >= 0.3 is 0 Å². The van der Waals surface area contributed by atoms with Crippen LogP contribution in [-0.4, -0.2) is 33.6 Å². The van der Waals surface area contributed by atoms with Gasteiger partial charge < -0.3 is 9.64 Å². The molecule has 0 amide bonds. The second kappa shape index (κ2) is 7.78. The molecule has 32 heavy (non-hydrogen) atoms. The van der Waals surface area contributed by atoms with Crippen LogP contribution in [0.15, 0.2) is 42.7 Å². The van der Waals surface area contributed by atoms with Crippen molar-refractivity contribution in [2.24, 2.45) is 5.92 Å². The molecule has 1 saturated heterocycles. The lowest BCUT2D eigenvalue weighted by atomic mass is 9.90. The fourth-order valence-electron chi connectivity index (χ4n) is 5.10. The van der Waals surface area contributed by atoms with Gasteiger partial charge in [0.05, 0.1) is 28.1 Å². The van der Waals surface area contributed by atoms with Gasteiger partial charge in [0, 0.05) is 30.5 Å². The number of piperidine rings is 1. The summed E-state index contributed by atoms with van der Waals surface area (Å²) < 4.78 is 7.19. The maximum atomic E-state index is 6.02. The van der Waals surface area contributed by atoms with E-state index in [1.54, 1.807) is 17.7 Å². The predicted octanol–water partition coefficient (Wildman–Crippen LogP) is 5.55. The summed E-state index contributed by atoms with van der Waals surface area (Å²) in [4.78, 5) is 18.0. The van der Waals surface area contributed by atoms with Crippen LogP contribution in [0, 0.1) is 5.92 Å². The van der Waals surface area contributed by atoms with Crippen LogP contribution in [0.2, 0.25) is 0 Å². The summed E-state index contributed by atoms with van der Waals surface area (Å²) in [6, 6.07) is 13.1. The first-order valence-corrected chi connectivity index (χ1v) is 12.4. The number of thiophene rings is 1. The first-order valence-electron chi connectivity index (χ1n) is 11.5. The van der Waals surface area contributed by atoms with Crippen molar-refractivity contribution in [3.63, 3.8) is 0 Å². The molecule has 2 aliphatic rings. The summed E-state index contributed by atoms with van der Waals surface area (Å²) in [7, 11) is 0. The van der Waals surface area contributed by atoms with Crippen molar-refractivity contribution in [3.8, 4) is 0 Å². The monoisotopic (exact) mass is 444 g/mol. The van der Waals surface area contributed by atoms with Gasteiger partial charge in [0.1, 0.15) is 17.0 Å². The Balaban J connectivity index is 1.28. The van der Waals surface area contributed by atoms with Crippen molar-refractivity contribution in [2.45, 2.75) is 51.7 Å². The number of hydrogen-bond donors (Lipinski definition) is 0. The van der Waals surface area contributed by atoms with Crippen LogP contribution in [0.5, 0.6) is 0 Å². The Morgan fingerprint density at radius 2 is 1.94 bits per heavy atom. The van der Waals surface area contributed by atoms with E-state index in [0.29, 0.717) is 6.61 Å². The average molecular weight is 445 g/mol. The Hall–Kier alpha value is -2.57. The summed E-state index contributed by atoms with van der Waals surface area (Å²) in [5.41, 5.74) is 4.68. The van der Waals surface area contributed by atoms with E-state index in [1.165, 1.54) is 35.1 Å². The van der Waals surface area contributed by atoms with Crippen LogP contribution >= 0.6 is 11.3 Å². The normalized spacial score (nSPS) is 18.9. The number of aromatic nitrogens is 3. The molecule has 5 nitrogen and oxygen atoms in total. The standard InChI is InChI=1S/C26H28N4OS/c1-26(2)14-21-19(15-31-26)13-20-22-23(32-25(20)29-21)24(28-16-27-22)30-10-8-18(9-11-30)12-17-6-4-3-5-7-17/h3-7,13,16,18H,8-12,14-15H2,1-2H3. The summed E-state index contributed by atoms with van der Waals surface area (Å²) >= 11 is 1.74. The Morgan fingerprint density at radius 3 is 2.75 bits per heavy atom. The van der Waals surface area contributed by atoms with E-state index in [4.69, 9.17) is 14.7 Å². The number of ether oxygens (including phenoxy) is 1. The molecule has 0 aliphatic carbocycles. The van der Waals surface area contributed by atoms with Crippen LogP contribution in [0.25, 0.3) is 20.4 Å². The molecule has 0 spiro atoms. The molecule has 0 bridgehead atoms. The minimum atomic E-state index is -0.153. The minimum Gasteiger partial charge on any atom is -0.370 e. The summed E-state index contributed by atoms with van der Waals surface area (Å²) in [5.74, 6) is 1.82. The molecule has 4 aromatic rings. The molecule has 1 fully saturated rings. The van der Waals surface area contributed by atoms with Gasteiger partial charge in [0.25, 0.3) is 0 Å². The van der Waals surface area contributed by atoms with Gasteiger partial charge in [-0.1, -0.05) is 30.3 Å². The van der Waals surface area contributed by atoms with Crippen molar-refractivity contribution >= 4 is 37.6 Å². The highest BCUT2D eigenvalue weighted by Crippen LogP contribution is 2.39. The van der Waals surface area contributed by atoms with E-state index in [2.05, 4.69) is 60.1 Å². The molecule has 5 heterocycles. The zero-order valence-electron chi connectivity index (χ0n) is 18.7. The smallest absolute Gasteiger partial charge is 0.150 e. The maximum absolute atomic E-state index is 6.02. The molecule has 164 valence electrons. The predicted molar refractivity (Wildman–Crippen MR) is 130 cm³/mol. The van der Waals surface area contributed by atoms with E-state index in [1.807, 2.05) is 0 Å². The zero-order valence-corrected chi connectivity index (χ0v) is 19.5. The Bertz CT molecular complexity index is 1280. The van der Waals surface area contributed by atoms with E-state index >= 15 is 0 Å². The Labute approximate surface area is 192 Å². The number of fused-ring (bicyclic) bond motifs is 4. The Morgan fingerprint density at radius 1 is 1.12 bits per heavy atom. The molecule has 6 rings (SSSR count). The van der Waals surface area contributed by atoms with Crippen molar-refractivity contribution in [3.05, 3.63) is 59.5 Å². The van der Waals surface area contributed by atoms with E-state index in [9.17, 15) is 0 Å². The first-order chi connectivity index (χ1) is 15.6. The minimum absolute atomic E-state index is 0.153. The molecule has 6 heteroatoms. The van der Waals surface area contributed by atoms with Gasteiger partial charge in [0.2, 0.25) is 0 Å². The summed E-state index contributed by atoms with van der Waals surface area (Å²) in [6.45, 7) is 6.98. The highest BCUT2D eigenvalue weighted by atomic mass is 32.1. The van der Waals surface area contributed by atoms with Crippen molar-refractivity contribution < 1.29 is 4.74 Å². The summed E-state index contributed by atoms with van der Waals surface area (Å²) in [6.07, 6.45) is 6.14. The molecular formula is C26H28N4OS. The van der Waals surface area contributed by atoms with E-state index in [-0.39, 0.29) is 5.60 Å². The zero-order chi connectivity index (χ0) is 21.7. The second-order valence-electron chi connectivity index (χ2n) is 9.77. The lowest BCUT2D eigenvalue weighted by Gasteiger charge is -2.33. The molecule has 0 unspecified atom stereocenters. The Kier molecular flexibility index (Phi) is 4.88. The van der Waals surface area contributed by atoms with Gasteiger partial charge in [-0.05, 0) is 50.7 Å². The van der Waals surface area contributed by atoms with Crippen LogP contribution in [0.3, 0.4) is 0 Å². The first kappa shape index (κ1) is 20.1. The van der Waals surface area contributed by atoms with Gasteiger partial charge in [-0.3, -0.25) is 0 Å². The highest BCUT2D eigenvalue weighted by Gasteiger charge is 2.29. The summed E-state index contributed by atoms with van der Waals surface area (Å²) in [5, 5.41) is 1.13. The fraction of sp³-hybridized carbons (Fsp3) is 0.423. The lowest BCUT2D eigenvalue weighted by Crippen LogP contribution is -2.34. The number of anilines is 1. The maximum Gasteiger partial charge on any atom is 0.150 e. The third-order valence-electron chi connectivity index (χ3n) is 6.89. The third-order valence-corrected chi connectivity index (χ3v) is 7.97. The number of hydrogen-bond acceptors (Lipinski definition) is 6. The largest absolute Gasteiger partial charge is 0.370 e. The lowest BCUT2D eigenvalue weighted by molar-refractivity contribution is -0.0411.